The van der Waals surface area contributed by atoms with Gasteiger partial charge in [0.05, 0.1) is 49.0 Å². The zero-order valence-electron chi connectivity index (χ0n) is 31.6. The first-order valence-electron chi connectivity index (χ1n) is 19.3. The van der Waals surface area contributed by atoms with Gasteiger partial charge in [0.1, 0.15) is 17.7 Å². The maximum Gasteiger partial charge on any atom is 0.407 e. The number of H-pyrrole nitrogens is 2. The molecule has 0 bridgehead atoms. The minimum absolute atomic E-state index is 0.0545. The quantitative estimate of drug-likeness (QED) is 0.146. The highest BCUT2D eigenvalue weighted by molar-refractivity contribution is 5.86. The number of amides is 3. The van der Waals surface area contributed by atoms with Crippen molar-refractivity contribution in [3.05, 3.63) is 72.6 Å². The molecule has 3 amide bonds. The van der Waals surface area contributed by atoms with Gasteiger partial charge in [-0.05, 0) is 73.6 Å². The van der Waals surface area contributed by atoms with Crippen LogP contribution in [0, 0.1) is 5.92 Å². The van der Waals surface area contributed by atoms with Crippen molar-refractivity contribution < 1.29 is 23.9 Å². The Hall–Kier alpha value is -5.01. The topological polar surface area (TPSA) is 158 Å². The van der Waals surface area contributed by atoms with Crippen molar-refractivity contribution in [1.29, 1.82) is 0 Å². The fourth-order valence-corrected chi connectivity index (χ4v) is 8.04. The van der Waals surface area contributed by atoms with Gasteiger partial charge in [-0.3, -0.25) is 9.59 Å². The Labute approximate surface area is 316 Å². The van der Waals surface area contributed by atoms with Gasteiger partial charge in [0, 0.05) is 32.3 Å². The van der Waals surface area contributed by atoms with E-state index in [-0.39, 0.29) is 35.9 Å². The second-order valence-electron chi connectivity index (χ2n) is 15.0. The van der Waals surface area contributed by atoms with Crippen LogP contribution in [-0.2, 0) is 19.1 Å². The van der Waals surface area contributed by atoms with E-state index in [2.05, 4.69) is 74.1 Å². The molecule has 0 unspecified atom stereocenters. The molecule has 4 aromatic rings. The third kappa shape index (κ3) is 8.07. The number of carbonyl (C=O) groups is 3. The first-order chi connectivity index (χ1) is 26.2. The fraction of sp³-hybridized carbons (Fsp3) is 0.488. The smallest absolute Gasteiger partial charge is 0.407 e. The van der Waals surface area contributed by atoms with Crippen LogP contribution in [0.25, 0.3) is 33.6 Å². The number of alkyl carbamates (subject to hydrolysis) is 1. The maximum absolute atomic E-state index is 13.5. The molecule has 7 rings (SSSR count). The number of benzene rings is 2. The molecule has 13 nitrogen and oxygen atoms in total. The van der Waals surface area contributed by atoms with Gasteiger partial charge in [-0.25, -0.2) is 14.8 Å². The molecule has 3 aliphatic heterocycles. The van der Waals surface area contributed by atoms with Crippen molar-refractivity contribution >= 4 is 17.9 Å². The van der Waals surface area contributed by atoms with Gasteiger partial charge in [-0.2, -0.15) is 0 Å². The number of hydrogen-bond acceptors (Lipinski definition) is 8. The molecule has 3 aliphatic rings. The van der Waals surface area contributed by atoms with E-state index < -0.39 is 12.1 Å². The van der Waals surface area contributed by atoms with Crippen LogP contribution in [0.3, 0.4) is 0 Å². The molecular weight excluding hydrogens is 685 g/mol. The minimum atomic E-state index is -0.676. The number of carbonyl (C=O) groups excluding carboxylic acids is 3. The number of nitrogens with zero attached hydrogens (tertiary/aromatic N) is 4. The second kappa shape index (κ2) is 16.6. The number of likely N-dealkylation sites (tertiary alicyclic amines) is 2. The number of imidazole rings is 2. The summed E-state index contributed by atoms with van der Waals surface area (Å²) in [6.45, 7) is 8.62. The van der Waals surface area contributed by atoms with Crippen LogP contribution in [0.4, 0.5) is 4.79 Å². The Morgan fingerprint density at radius 3 is 1.70 bits per heavy atom. The molecule has 54 heavy (non-hydrogen) atoms. The number of rotatable bonds is 11. The van der Waals surface area contributed by atoms with E-state index in [4.69, 9.17) is 14.5 Å². The summed E-state index contributed by atoms with van der Waals surface area (Å²) in [6, 6.07) is 15.9. The SMILES string of the molecule is COC(=O)N[C@H](C(=O)N1CCC[C@H]1c1ncc(-c2ccc(-c3ccc(-c4cnc([C@@H]5CCCN5C(=O)[C@H](C)NC5CCOCC5)[nH]4)cc3)cc2)[nH]1)C(C)C. The number of aromatic amines is 2. The van der Waals surface area contributed by atoms with Gasteiger partial charge in [-0.1, -0.05) is 62.4 Å². The zero-order valence-corrected chi connectivity index (χ0v) is 31.6. The third-order valence-corrected chi connectivity index (χ3v) is 11.1. The van der Waals surface area contributed by atoms with E-state index in [1.165, 1.54) is 7.11 Å². The summed E-state index contributed by atoms with van der Waals surface area (Å²) < 4.78 is 10.2. The maximum atomic E-state index is 13.5. The highest BCUT2D eigenvalue weighted by Gasteiger charge is 2.38. The van der Waals surface area contributed by atoms with Crippen LogP contribution in [0.1, 0.15) is 83.0 Å². The minimum Gasteiger partial charge on any atom is -0.453 e. The number of hydrogen-bond donors (Lipinski definition) is 4. The molecule has 0 spiro atoms. The van der Waals surface area contributed by atoms with Gasteiger partial charge >= 0.3 is 6.09 Å². The first kappa shape index (κ1) is 37.3. The number of aromatic nitrogens is 4. The van der Waals surface area contributed by atoms with Gasteiger partial charge in [-0.15, -0.1) is 0 Å². The molecule has 3 fully saturated rings. The Balaban J connectivity index is 0.978. The van der Waals surface area contributed by atoms with Crippen LogP contribution in [0.5, 0.6) is 0 Å². The molecule has 0 aliphatic carbocycles. The van der Waals surface area contributed by atoms with E-state index in [0.717, 1.165) is 104 Å². The average molecular weight is 737 g/mol. The molecule has 286 valence electrons. The van der Waals surface area contributed by atoms with Crippen molar-refractivity contribution in [3.8, 4) is 33.6 Å². The Morgan fingerprint density at radius 1 is 0.741 bits per heavy atom. The molecular formula is C41H52N8O5. The zero-order chi connectivity index (χ0) is 37.8. The summed E-state index contributed by atoms with van der Waals surface area (Å²) >= 11 is 0. The van der Waals surface area contributed by atoms with Gasteiger partial charge < -0.3 is 39.9 Å². The Morgan fingerprint density at radius 2 is 1.22 bits per heavy atom. The number of methoxy groups -OCH3 is 1. The molecule has 3 saturated heterocycles. The average Bonchev–Trinajstić information content (AvgIpc) is 4.03. The molecule has 4 atom stereocenters. The highest BCUT2D eigenvalue weighted by atomic mass is 16.5. The molecule has 4 N–H and O–H groups in total. The number of nitrogens with one attached hydrogen (secondary N) is 4. The van der Waals surface area contributed by atoms with Gasteiger partial charge in [0.2, 0.25) is 11.8 Å². The predicted molar refractivity (Wildman–Crippen MR) is 205 cm³/mol. The lowest BCUT2D eigenvalue weighted by molar-refractivity contribution is -0.135. The van der Waals surface area contributed by atoms with Crippen LogP contribution in [-0.4, -0.2) is 99.2 Å². The Kier molecular flexibility index (Phi) is 11.4. The lowest BCUT2D eigenvalue weighted by atomic mass is 10.0. The number of ether oxygens (including phenoxy) is 2. The molecule has 2 aromatic heterocycles. The third-order valence-electron chi connectivity index (χ3n) is 11.1. The first-order valence-corrected chi connectivity index (χ1v) is 19.3. The normalized spacial score (nSPS) is 20.3. The van der Waals surface area contributed by atoms with Crippen LogP contribution in [0.2, 0.25) is 0 Å². The summed E-state index contributed by atoms with van der Waals surface area (Å²) in [5, 5.41) is 6.23. The monoisotopic (exact) mass is 736 g/mol. The van der Waals surface area contributed by atoms with Crippen molar-refractivity contribution in [3.63, 3.8) is 0 Å². The second-order valence-corrected chi connectivity index (χ2v) is 15.0. The van der Waals surface area contributed by atoms with Crippen molar-refractivity contribution in [1.82, 2.24) is 40.4 Å². The van der Waals surface area contributed by atoms with Crippen LogP contribution in [0.15, 0.2) is 60.9 Å². The molecule has 13 heteroatoms. The summed E-state index contributed by atoms with van der Waals surface area (Å²) in [4.78, 5) is 59.1. The lowest BCUT2D eigenvalue weighted by Gasteiger charge is -2.30. The van der Waals surface area contributed by atoms with Gasteiger partial charge in [0.15, 0.2) is 0 Å². The van der Waals surface area contributed by atoms with E-state index in [1.807, 2.05) is 43.0 Å². The van der Waals surface area contributed by atoms with Crippen LogP contribution >= 0.6 is 0 Å². The van der Waals surface area contributed by atoms with Crippen LogP contribution < -0.4 is 10.6 Å². The predicted octanol–water partition coefficient (Wildman–Crippen LogP) is 6.00. The van der Waals surface area contributed by atoms with Crippen molar-refractivity contribution in [2.45, 2.75) is 89.5 Å². The summed E-state index contributed by atoms with van der Waals surface area (Å²) in [5.74, 6) is 1.48. The largest absolute Gasteiger partial charge is 0.453 e. The van der Waals surface area contributed by atoms with E-state index in [1.54, 1.807) is 0 Å². The molecule has 2 aromatic carbocycles. The standard InChI is InChI=1S/C41H52N8O5/c1-25(2)36(47-41(52)53-4)40(51)49-20-6-8-35(49)38-43-24-33(46-38)30-15-11-28(12-16-30)27-9-13-29(14-10-27)32-23-42-37(45-32)34-7-5-19-48(34)39(50)26(3)44-31-17-21-54-22-18-31/h9-16,23-26,31,34-36,44H,5-8,17-22H2,1-4H3,(H,42,45)(H,43,46)(H,47,52)/t26-,34-,35-,36-/m0/s1. The lowest BCUT2D eigenvalue weighted by Crippen LogP contribution is -2.51. The summed E-state index contributed by atoms with van der Waals surface area (Å²) in [7, 11) is 1.30. The summed E-state index contributed by atoms with van der Waals surface area (Å²) in [6.07, 6.45) is 8.45. The molecule has 0 radical (unpaired) electrons. The van der Waals surface area contributed by atoms with Gasteiger partial charge in [0.25, 0.3) is 0 Å². The fourth-order valence-electron chi connectivity index (χ4n) is 8.04. The van der Waals surface area contributed by atoms with Crippen molar-refractivity contribution in [2.24, 2.45) is 5.92 Å². The van der Waals surface area contributed by atoms with E-state index >= 15 is 0 Å². The van der Waals surface area contributed by atoms with Crippen molar-refractivity contribution in [2.75, 3.05) is 33.4 Å². The summed E-state index contributed by atoms with van der Waals surface area (Å²) in [5.41, 5.74) is 6.01. The van der Waals surface area contributed by atoms with E-state index in [9.17, 15) is 14.4 Å². The van der Waals surface area contributed by atoms with E-state index in [0.29, 0.717) is 12.6 Å². The Bertz CT molecular complexity index is 1900. The molecule has 0 saturated carbocycles. The molecule has 5 heterocycles. The highest BCUT2D eigenvalue weighted by Crippen LogP contribution is 2.35.